The molecule has 6 heteroatoms. The zero-order valence-corrected chi connectivity index (χ0v) is 18.1. The van der Waals surface area contributed by atoms with E-state index in [4.69, 9.17) is 9.47 Å². The van der Waals surface area contributed by atoms with E-state index in [2.05, 4.69) is 21.9 Å². The second-order valence-electron chi connectivity index (χ2n) is 9.29. The minimum Gasteiger partial charge on any atom is -0.494 e. The monoisotopic (exact) mass is 416 g/mol. The Labute approximate surface area is 180 Å². The van der Waals surface area contributed by atoms with Crippen molar-refractivity contribution in [1.82, 2.24) is 9.80 Å². The Morgan fingerprint density at radius 2 is 1.97 bits per heavy atom. The van der Waals surface area contributed by atoms with E-state index >= 15 is 0 Å². The summed E-state index contributed by atoms with van der Waals surface area (Å²) in [7, 11) is 0. The van der Waals surface area contributed by atoms with Gasteiger partial charge in [0, 0.05) is 44.8 Å². The first kappa shape index (κ1) is 21.6. The molecule has 0 aromatic heterocycles. The molecular formula is C24H36N2O4. The second-order valence-corrected chi connectivity index (χ2v) is 9.29. The van der Waals surface area contributed by atoms with Crippen LogP contribution >= 0.6 is 0 Å². The molecule has 3 heterocycles. The predicted octanol–water partition coefficient (Wildman–Crippen LogP) is 3.25. The number of benzene rings is 1. The minimum absolute atomic E-state index is 0.132. The Kier molecular flexibility index (Phi) is 7.28. The van der Waals surface area contributed by atoms with Crippen LogP contribution in [0.1, 0.15) is 44.1 Å². The highest BCUT2D eigenvalue weighted by Crippen LogP contribution is 2.44. The fraction of sp³-hybridized carbons (Fsp3) is 0.708. The third-order valence-electron chi connectivity index (χ3n) is 7.15. The quantitative estimate of drug-likeness (QED) is 0.657. The van der Waals surface area contributed by atoms with E-state index in [1.807, 2.05) is 12.1 Å². The summed E-state index contributed by atoms with van der Waals surface area (Å²) in [6.07, 6.45) is 6.79. The maximum Gasteiger partial charge on any atom is 0.308 e. The van der Waals surface area contributed by atoms with Crippen LogP contribution in [-0.4, -0.2) is 73.4 Å². The summed E-state index contributed by atoms with van der Waals surface area (Å²) in [5.74, 6) is -0.0401. The van der Waals surface area contributed by atoms with Crippen molar-refractivity contribution in [3.05, 3.63) is 29.8 Å². The van der Waals surface area contributed by atoms with Gasteiger partial charge in [-0.15, -0.1) is 0 Å². The van der Waals surface area contributed by atoms with Crippen LogP contribution in [0.25, 0.3) is 0 Å². The van der Waals surface area contributed by atoms with E-state index in [0.29, 0.717) is 19.8 Å². The molecule has 1 aromatic carbocycles. The molecule has 0 aliphatic carbocycles. The summed E-state index contributed by atoms with van der Waals surface area (Å²) < 4.78 is 11.5. The lowest BCUT2D eigenvalue weighted by molar-refractivity contribution is -0.147. The number of likely N-dealkylation sites (tertiary alicyclic amines) is 2. The molecule has 3 saturated heterocycles. The molecule has 1 atom stereocenters. The number of carboxylic acid groups (broad SMARTS) is 1. The second kappa shape index (κ2) is 10.1. The predicted molar refractivity (Wildman–Crippen MR) is 116 cm³/mol. The summed E-state index contributed by atoms with van der Waals surface area (Å²) >= 11 is 0. The number of piperidine rings is 1. The maximum absolute atomic E-state index is 11.9. The van der Waals surface area contributed by atoms with Gasteiger partial charge in [0.25, 0.3) is 0 Å². The van der Waals surface area contributed by atoms with E-state index in [0.717, 1.165) is 51.3 Å². The van der Waals surface area contributed by atoms with Gasteiger partial charge in [0.15, 0.2) is 0 Å². The number of aliphatic carboxylic acids is 1. The van der Waals surface area contributed by atoms with E-state index in [-0.39, 0.29) is 11.3 Å². The van der Waals surface area contributed by atoms with Gasteiger partial charge >= 0.3 is 5.97 Å². The van der Waals surface area contributed by atoms with Gasteiger partial charge in [-0.1, -0.05) is 18.6 Å². The van der Waals surface area contributed by atoms with Crippen molar-refractivity contribution in [3.8, 4) is 5.75 Å². The molecule has 166 valence electrons. The van der Waals surface area contributed by atoms with Gasteiger partial charge in [0.05, 0.1) is 12.5 Å². The van der Waals surface area contributed by atoms with E-state index in [1.165, 1.54) is 37.9 Å². The Balaban J connectivity index is 1.28. The molecule has 6 nitrogen and oxygen atoms in total. The third kappa shape index (κ3) is 5.34. The zero-order chi connectivity index (χ0) is 20.8. The van der Waals surface area contributed by atoms with Gasteiger partial charge in [-0.05, 0) is 62.9 Å². The summed E-state index contributed by atoms with van der Waals surface area (Å²) in [6, 6.07) is 8.30. The van der Waals surface area contributed by atoms with Gasteiger partial charge in [-0.2, -0.15) is 0 Å². The van der Waals surface area contributed by atoms with Crippen LogP contribution < -0.4 is 4.74 Å². The average Bonchev–Trinajstić information content (AvgIpc) is 3.10. The molecule has 3 aliphatic rings. The lowest BCUT2D eigenvalue weighted by Gasteiger charge is -2.36. The first-order valence-electron chi connectivity index (χ1n) is 11.6. The van der Waals surface area contributed by atoms with E-state index < -0.39 is 5.97 Å². The Morgan fingerprint density at radius 1 is 1.17 bits per heavy atom. The van der Waals surface area contributed by atoms with Gasteiger partial charge < -0.3 is 19.5 Å². The highest BCUT2D eigenvalue weighted by atomic mass is 16.5. The SMILES string of the molecule is O=C(O)C1CN(Cc2cccc(OCCCN3CCCCC3)c2)CC12CCOCC2. The van der Waals surface area contributed by atoms with Gasteiger partial charge in [-0.25, -0.2) is 0 Å². The van der Waals surface area contributed by atoms with Crippen molar-refractivity contribution < 1.29 is 19.4 Å². The maximum atomic E-state index is 11.9. The topological polar surface area (TPSA) is 62.2 Å². The van der Waals surface area contributed by atoms with Gasteiger partial charge in [0.1, 0.15) is 5.75 Å². The van der Waals surface area contributed by atoms with Crippen LogP contribution in [0, 0.1) is 11.3 Å². The molecule has 4 rings (SSSR count). The number of rotatable bonds is 8. The Morgan fingerprint density at radius 3 is 2.73 bits per heavy atom. The molecule has 1 aromatic rings. The van der Waals surface area contributed by atoms with Crippen molar-refractivity contribution in [2.45, 2.75) is 45.1 Å². The molecular weight excluding hydrogens is 380 g/mol. The zero-order valence-electron chi connectivity index (χ0n) is 18.1. The number of nitrogens with zero attached hydrogens (tertiary/aromatic N) is 2. The van der Waals surface area contributed by atoms with Crippen molar-refractivity contribution in [2.75, 3.05) is 52.5 Å². The van der Waals surface area contributed by atoms with Crippen LogP contribution in [0.3, 0.4) is 0 Å². The van der Waals surface area contributed by atoms with Crippen molar-refractivity contribution in [2.24, 2.45) is 11.3 Å². The van der Waals surface area contributed by atoms with Crippen LogP contribution in [0.15, 0.2) is 24.3 Å². The molecule has 1 unspecified atom stereocenters. The highest BCUT2D eigenvalue weighted by Gasteiger charge is 2.50. The molecule has 3 fully saturated rings. The smallest absolute Gasteiger partial charge is 0.308 e. The minimum atomic E-state index is -0.662. The molecule has 0 bridgehead atoms. The lowest BCUT2D eigenvalue weighted by Crippen LogP contribution is -2.40. The lowest BCUT2D eigenvalue weighted by atomic mass is 9.72. The van der Waals surface area contributed by atoms with Gasteiger partial charge in [-0.3, -0.25) is 9.69 Å². The Bertz CT molecular complexity index is 698. The summed E-state index contributed by atoms with van der Waals surface area (Å²) in [5, 5.41) is 9.78. The largest absolute Gasteiger partial charge is 0.494 e. The first-order chi connectivity index (χ1) is 14.6. The van der Waals surface area contributed by atoms with Crippen molar-refractivity contribution in [3.63, 3.8) is 0 Å². The fourth-order valence-electron chi connectivity index (χ4n) is 5.47. The highest BCUT2D eigenvalue weighted by molar-refractivity contribution is 5.72. The van der Waals surface area contributed by atoms with Crippen molar-refractivity contribution >= 4 is 5.97 Å². The van der Waals surface area contributed by atoms with Gasteiger partial charge in [0.2, 0.25) is 0 Å². The van der Waals surface area contributed by atoms with Crippen LogP contribution in [-0.2, 0) is 16.1 Å². The first-order valence-corrected chi connectivity index (χ1v) is 11.6. The van der Waals surface area contributed by atoms with Crippen LogP contribution in [0.2, 0.25) is 0 Å². The van der Waals surface area contributed by atoms with Crippen LogP contribution in [0.5, 0.6) is 5.75 Å². The summed E-state index contributed by atoms with van der Waals surface area (Å²) in [4.78, 5) is 16.7. The molecule has 30 heavy (non-hydrogen) atoms. The average molecular weight is 417 g/mol. The summed E-state index contributed by atoms with van der Waals surface area (Å²) in [5.41, 5.74) is 1.06. The summed E-state index contributed by atoms with van der Waals surface area (Å²) in [6.45, 7) is 7.93. The van der Waals surface area contributed by atoms with E-state index in [9.17, 15) is 9.90 Å². The number of hydrogen-bond acceptors (Lipinski definition) is 5. The molecule has 0 saturated carbocycles. The fourth-order valence-corrected chi connectivity index (χ4v) is 5.47. The molecule has 3 aliphatic heterocycles. The molecule has 0 radical (unpaired) electrons. The normalized spacial score (nSPS) is 24.9. The standard InChI is InChI=1S/C24H36N2O4/c27-23(28)22-18-26(19-24(22)8-14-29-15-9-24)17-20-6-4-7-21(16-20)30-13-5-12-25-10-2-1-3-11-25/h4,6-7,16,22H,1-3,5,8-15,17-19H2,(H,27,28). The number of hydrogen-bond donors (Lipinski definition) is 1. The number of carboxylic acids is 1. The van der Waals surface area contributed by atoms with Crippen molar-refractivity contribution in [1.29, 1.82) is 0 Å². The Hall–Kier alpha value is -1.63. The third-order valence-corrected chi connectivity index (χ3v) is 7.15. The molecule has 1 N–H and O–H groups in total. The molecule has 1 spiro atoms. The van der Waals surface area contributed by atoms with Crippen LogP contribution in [0.4, 0.5) is 0 Å². The number of carbonyl (C=O) groups is 1. The number of ether oxygens (including phenoxy) is 2. The molecule has 0 amide bonds. The van der Waals surface area contributed by atoms with E-state index in [1.54, 1.807) is 0 Å².